The van der Waals surface area contributed by atoms with Crippen molar-refractivity contribution in [3.8, 4) is 0 Å². The Morgan fingerprint density at radius 3 is 2.31 bits per heavy atom. The van der Waals surface area contributed by atoms with Gasteiger partial charge in [-0.3, -0.25) is 9.59 Å². The van der Waals surface area contributed by atoms with E-state index in [4.69, 9.17) is 4.74 Å². The smallest absolute Gasteiger partial charge is 0.269 e. The summed E-state index contributed by atoms with van der Waals surface area (Å²) in [5.41, 5.74) is 0.845. The SMILES string of the molecule is COCCCNC(=O)c1cccc(C(=O)NCCc2ccccc2F)n1. The predicted octanol–water partition coefficient (Wildman–Crippen LogP) is 1.96. The summed E-state index contributed by atoms with van der Waals surface area (Å²) >= 11 is 0. The second-order valence-electron chi connectivity index (χ2n) is 5.61. The molecule has 1 aromatic heterocycles. The Bertz CT molecular complexity index is 752. The molecule has 0 aliphatic rings. The summed E-state index contributed by atoms with van der Waals surface area (Å²) in [6.45, 7) is 1.29. The Morgan fingerprint density at radius 2 is 1.65 bits per heavy atom. The van der Waals surface area contributed by atoms with Gasteiger partial charge in [-0.2, -0.15) is 0 Å². The topological polar surface area (TPSA) is 80.3 Å². The van der Waals surface area contributed by atoms with Crippen LogP contribution in [0.2, 0.25) is 0 Å². The number of nitrogens with one attached hydrogen (secondary N) is 2. The number of halogens is 1. The monoisotopic (exact) mass is 359 g/mol. The highest BCUT2D eigenvalue weighted by atomic mass is 19.1. The number of hydrogen-bond acceptors (Lipinski definition) is 4. The van der Waals surface area contributed by atoms with Gasteiger partial charge in [0.2, 0.25) is 0 Å². The van der Waals surface area contributed by atoms with Gasteiger partial charge in [-0.1, -0.05) is 24.3 Å². The minimum atomic E-state index is -0.407. The van der Waals surface area contributed by atoms with Crippen molar-refractivity contribution in [1.82, 2.24) is 15.6 Å². The lowest BCUT2D eigenvalue weighted by molar-refractivity contribution is 0.0941. The zero-order valence-electron chi connectivity index (χ0n) is 14.6. The van der Waals surface area contributed by atoms with E-state index < -0.39 is 5.91 Å². The Kier molecular flexibility index (Phi) is 7.70. The number of ether oxygens (including phenoxy) is 1. The van der Waals surface area contributed by atoms with Crippen molar-refractivity contribution in [2.45, 2.75) is 12.8 Å². The fourth-order valence-corrected chi connectivity index (χ4v) is 2.30. The van der Waals surface area contributed by atoms with Crippen molar-refractivity contribution in [3.05, 3.63) is 65.2 Å². The lowest BCUT2D eigenvalue weighted by atomic mass is 10.1. The molecule has 0 bridgehead atoms. The summed E-state index contributed by atoms with van der Waals surface area (Å²) in [5, 5.41) is 5.40. The number of methoxy groups -OCH3 is 1. The first kappa shape index (κ1) is 19.5. The van der Waals surface area contributed by atoms with E-state index in [1.807, 2.05) is 0 Å². The fraction of sp³-hybridized carbons (Fsp3) is 0.316. The number of hydrogen-bond donors (Lipinski definition) is 2. The number of benzene rings is 1. The highest BCUT2D eigenvalue weighted by Gasteiger charge is 2.12. The maximum absolute atomic E-state index is 13.6. The molecule has 0 aliphatic heterocycles. The third-order valence-electron chi connectivity index (χ3n) is 3.66. The van der Waals surface area contributed by atoms with E-state index in [1.165, 1.54) is 12.1 Å². The fourth-order valence-electron chi connectivity index (χ4n) is 2.30. The van der Waals surface area contributed by atoms with E-state index in [0.717, 1.165) is 0 Å². The van der Waals surface area contributed by atoms with Crippen molar-refractivity contribution >= 4 is 11.8 Å². The maximum atomic E-state index is 13.6. The molecule has 0 atom stereocenters. The van der Waals surface area contributed by atoms with E-state index >= 15 is 0 Å². The molecule has 0 saturated carbocycles. The first-order chi connectivity index (χ1) is 12.6. The van der Waals surface area contributed by atoms with Crippen LogP contribution in [0.25, 0.3) is 0 Å². The number of pyridine rings is 1. The van der Waals surface area contributed by atoms with Crippen LogP contribution in [0.15, 0.2) is 42.5 Å². The van der Waals surface area contributed by atoms with Crippen molar-refractivity contribution < 1.29 is 18.7 Å². The summed E-state index contributed by atoms with van der Waals surface area (Å²) in [7, 11) is 1.59. The molecule has 2 aromatic rings. The third kappa shape index (κ3) is 5.93. The molecule has 2 amide bonds. The highest BCUT2D eigenvalue weighted by molar-refractivity contribution is 5.96. The van der Waals surface area contributed by atoms with E-state index in [0.29, 0.717) is 31.6 Å². The van der Waals surface area contributed by atoms with Gasteiger partial charge in [-0.05, 0) is 36.6 Å². The number of aromatic nitrogens is 1. The van der Waals surface area contributed by atoms with Crippen LogP contribution in [-0.2, 0) is 11.2 Å². The molecule has 7 heteroatoms. The van der Waals surface area contributed by atoms with Gasteiger partial charge in [-0.15, -0.1) is 0 Å². The summed E-state index contributed by atoms with van der Waals surface area (Å²) in [6.07, 6.45) is 1.07. The van der Waals surface area contributed by atoms with E-state index in [1.54, 1.807) is 37.4 Å². The molecular weight excluding hydrogens is 337 g/mol. The van der Waals surface area contributed by atoms with Gasteiger partial charge >= 0.3 is 0 Å². The van der Waals surface area contributed by atoms with E-state index in [9.17, 15) is 14.0 Å². The molecule has 0 radical (unpaired) electrons. The van der Waals surface area contributed by atoms with Crippen LogP contribution in [0.4, 0.5) is 4.39 Å². The van der Waals surface area contributed by atoms with Crippen molar-refractivity contribution in [1.29, 1.82) is 0 Å². The minimum Gasteiger partial charge on any atom is -0.385 e. The van der Waals surface area contributed by atoms with Crippen LogP contribution in [0.1, 0.15) is 33.0 Å². The summed E-state index contributed by atoms with van der Waals surface area (Å²) in [4.78, 5) is 28.3. The molecule has 0 saturated heterocycles. The van der Waals surface area contributed by atoms with Gasteiger partial charge in [0.1, 0.15) is 17.2 Å². The van der Waals surface area contributed by atoms with Crippen molar-refractivity contribution in [2.75, 3.05) is 26.8 Å². The molecule has 6 nitrogen and oxygen atoms in total. The van der Waals surface area contributed by atoms with Crippen LogP contribution >= 0.6 is 0 Å². The number of amides is 2. The quantitative estimate of drug-likeness (QED) is 0.671. The van der Waals surface area contributed by atoms with Gasteiger partial charge in [0, 0.05) is 26.8 Å². The molecule has 2 N–H and O–H groups in total. The van der Waals surface area contributed by atoms with Gasteiger partial charge in [0.05, 0.1) is 0 Å². The molecule has 1 aromatic carbocycles. The minimum absolute atomic E-state index is 0.142. The number of nitrogens with zero attached hydrogens (tertiary/aromatic N) is 1. The molecular formula is C19H22FN3O3. The number of carbonyl (C=O) groups is 2. The standard InChI is InChI=1S/C19H22FN3O3/c1-26-13-5-11-21-18(24)16-8-4-9-17(23-16)19(25)22-12-10-14-6-2-3-7-15(14)20/h2-4,6-9H,5,10-13H2,1H3,(H,21,24)(H,22,25). The Labute approximate surface area is 151 Å². The van der Waals surface area contributed by atoms with Gasteiger partial charge in [0.15, 0.2) is 0 Å². The Balaban J connectivity index is 1.87. The van der Waals surface area contributed by atoms with Gasteiger partial charge in [0.25, 0.3) is 11.8 Å². The summed E-state index contributed by atoms with van der Waals surface area (Å²) < 4.78 is 18.5. The zero-order valence-corrected chi connectivity index (χ0v) is 14.6. The lowest BCUT2D eigenvalue weighted by Crippen LogP contribution is -2.29. The molecule has 1 heterocycles. The van der Waals surface area contributed by atoms with Crippen molar-refractivity contribution in [2.24, 2.45) is 0 Å². The lowest BCUT2D eigenvalue weighted by Gasteiger charge is -2.08. The van der Waals surface area contributed by atoms with Crippen LogP contribution in [0.5, 0.6) is 0 Å². The van der Waals surface area contributed by atoms with Crippen LogP contribution < -0.4 is 10.6 Å². The third-order valence-corrected chi connectivity index (χ3v) is 3.66. The molecule has 0 aliphatic carbocycles. The predicted molar refractivity (Wildman–Crippen MR) is 95.5 cm³/mol. The molecule has 0 fully saturated rings. The second kappa shape index (κ2) is 10.2. The van der Waals surface area contributed by atoms with E-state index in [2.05, 4.69) is 15.6 Å². The first-order valence-electron chi connectivity index (χ1n) is 8.37. The summed E-state index contributed by atoms with van der Waals surface area (Å²) in [6, 6.07) is 11.1. The van der Waals surface area contributed by atoms with Crippen molar-refractivity contribution in [3.63, 3.8) is 0 Å². The Hall–Kier alpha value is -2.80. The number of carbonyl (C=O) groups excluding carboxylic acids is 2. The average molecular weight is 359 g/mol. The van der Waals surface area contributed by atoms with E-state index in [-0.39, 0.29) is 29.7 Å². The van der Waals surface area contributed by atoms with Gasteiger partial charge in [-0.25, -0.2) is 9.37 Å². The highest BCUT2D eigenvalue weighted by Crippen LogP contribution is 2.06. The molecule has 2 rings (SSSR count). The Morgan fingerprint density at radius 1 is 1.00 bits per heavy atom. The molecule has 0 unspecified atom stereocenters. The average Bonchev–Trinajstić information content (AvgIpc) is 2.66. The first-order valence-corrected chi connectivity index (χ1v) is 8.37. The largest absolute Gasteiger partial charge is 0.385 e. The van der Waals surface area contributed by atoms with Crippen LogP contribution in [-0.4, -0.2) is 43.6 Å². The zero-order chi connectivity index (χ0) is 18.8. The maximum Gasteiger partial charge on any atom is 0.269 e. The molecule has 0 spiro atoms. The van der Waals surface area contributed by atoms with Crippen LogP contribution in [0.3, 0.4) is 0 Å². The molecule has 138 valence electrons. The normalized spacial score (nSPS) is 10.4. The second-order valence-corrected chi connectivity index (χ2v) is 5.61. The van der Waals surface area contributed by atoms with Crippen LogP contribution in [0, 0.1) is 5.82 Å². The molecule has 26 heavy (non-hydrogen) atoms. The number of rotatable bonds is 9. The van der Waals surface area contributed by atoms with Gasteiger partial charge < -0.3 is 15.4 Å². The summed E-state index contributed by atoms with van der Waals surface area (Å²) in [5.74, 6) is -1.05.